The van der Waals surface area contributed by atoms with Crippen molar-refractivity contribution in [3.8, 4) is 5.75 Å². The van der Waals surface area contributed by atoms with Crippen LogP contribution in [0.5, 0.6) is 5.75 Å². The predicted molar refractivity (Wildman–Crippen MR) is 159 cm³/mol. The highest BCUT2D eigenvalue weighted by Crippen LogP contribution is 2.24. The third kappa shape index (κ3) is 7.93. The number of para-hydroxylation sites is 2. The van der Waals surface area contributed by atoms with Gasteiger partial charge in [0.05, 0.1) is 29.9 Å². The molecule has 4 rings (SSSR count). The van der Waals surface area contributed by atoms with Crippen LogP contribution in [0.2, 0.25) is 0 Å². The van der Waals surface area contributed by atoms with Gasteiger partial charge in [-0.3, -0.25) is 9.59 Å². The molecule has 1 aromatic heterocycles. The molecular formula is C31H32N4O6S. The number of nitrogens with zero attached hydrogens (tertiary/aromatic N) is 2. The average molecular weight is 589 g/mol. The molecule has 0 radical (unpaired) electrons. The number of carbonyl (C=O) groups excluding carboxylic acids is 2. The number of hydrogen-bond donors (Lipinski definition) is 2. The van der Waals surface area contributed by atoms with Crippen LogP contribution in [0.1, 0.15) is 35.1 Å². The van der Waals surface area contributed by atoms with Gasteiger partial charge in [0, 0.05) is 6.54 Å². The van der Waals surface area contributed by atoms with E-state index in [9.17, 15) is 18.0 Å². The lowest BCUT2D eigenvalue weighted by Gasteiger charge is -2.21. The number of amides is 2. The fraction of sp³-hybridized carbons (Fsp3) is 0.194. The maximum absolute atomic E-state index is 13.6. The van der Waals surface area contributed by atoms with Gasteiger partial charge in [-0.1, -0.05) is 59.7 Å². The topological polar surface area (TPSA) is 130 Å². The molecule has 11 heteroatoms. The Balaban J connectivity index is 1.43. The molecule has 0 bridgehead atoms. The Morgan fingerprint density at radius 2 is 1.55 bits per heavy atom. The van der Waals surface area contributed by atoms with E-state index in [1.54, 1.807) is 60.7 Å². The van der Waals surface area contributed by atoms with Crippen molar-refractivity contribution in [3.05, 3.63) is 113 Å². The van der Waals surface area contributed by atoms with Crippen LogP contribution in [0.15, 0.2) is 99.3 Å². The number of anilines is 1. The molecule has 0 aliphatic rings. The maximum atomic E-state index is 13.6. The third-order valence-corrected chi connectivity index (χ3v) is 7.96. The SMILES string of the molecule is CCOc1ccccc1NC(=O)C(=O)N/N=C\c1ccc(CN(Cc2ccc(C)cc2)S(=O)(=O)c2ccc(C)cc2)o1. The molecule has 0 atom stereocenters. The van der Waals surface area contributed by atoms with Crippen LogP contribution < -0.4 is 15.5 Å². The van der Waals surface area contributed by atoms with E-state index in [0.29, 0.717) is 23.8 Å². The van der Waals surface area contributed by atoms with Crippen molar-refractivity contribution in [2.24, 2.45) is 5.10 Å². The number of rotatable bonds is 11. The van der Waals surface area contributed by atoms with Crippen LogP contribution in [0.25, 0.3) is 0 Å². The summed E-state index contributed by atoms with van der Waals surface area (Å²) in [7, 11) is -3.86. The summed E-state index contributed by atoms with van der Waals surface area (Å²) < 4.78 is 39.7. The highest BCUT2D eigenvalue weighted by atomic mass is 32.2. The number of aryl methyl sites for hydroxylation is 2. The van der Waals surface area contributed by atoms with Crippen LogP contribution in [0.3, 0.4) is 0 Å². The monoisotopic (exact) mass is 588 g/mol. The zero-order chi connectivity index (χ0) is 30.1. The Morgan fingerprint density at radius 1 is 0.881 bits per heavy atom. The van der Waals surface area contributed by atoms with Gasteiger partial charge in [0.1, 0.15) is 17.3 Å². The summed E-state index contributed by atoms with van der Waals surface area (Å²) in [6.07, 6.45) is 1.22. The highest BCUT2D eigenvalue weighted by molar-refractivity contribution is 7.89. The smallest absolute Gasteiger partial charge is 0.329 e. The van der Waals surface area contributed by atoms with Crippen molar-refractivity contribution in [3.63, 3.8) is 0 Å². The van der Waals surface area contributed by atoms with Crippen molar-refractivity contribution < 1.29 is 27.2 Å². The molecule has 0 spiro atoms. The van der Waals surface area contributed by atoms with E-state index < -0.39 is 21.8 Å². The van der Waals surface area contributed by atoms with Gasteiger partial charge in [-0.25, -0.2) is 13.8 Å². The third-order valence-electron chi connectivity index (χ3n) is 6.15. The Bertz CT molecular complexity index is 1660. The van der Waals surface area contributed by atoms with E-state index in [1.807, 2.05) is 45.0 Å². The van der Waals surface area contributed by atoms with Crippen molar-refractivity contribution in [1.29, 1.82) is 0 Å². The fourth-order valence-corrected chi connectivity index (χ4v) is 5.34. The molecule has 0 aliphatic heterocycles. The van der Waals surface area contributed by atoms with Crippen LogP contribution in [0, 0.1) is 13.8 Å². The molecule has 0 saturated heterocycles. The molecule has 42 heavy (non-hydrogen) atoms. The molecule has 0 saturated carbocycles. The molecule has 10 nitrogen and oxygen atoms in total. The van der Waals surface area contributed by atoms with Gasteiger partial charge in [0.15, 0.2) is 0 Å². The minimum atomic E-state index is -3.86. The minimum Gasteiger partial charge on any atom is -0.492 e. The summed E-state index contributed by atoms with van der Waals surface area (Å²) in [5.74, 6) is -0.842. The fourth-order valence-electron chi connectivity index (χ4n) is 3.94. The minimum absolute atomic E-state index is 0.0358. The summed E-state index contributed by atoms with van der Waals surface area (Å²) >= 11 is 0. The predicted octanol–water partition coefficient (Wildman–Crippen LogP) is 4.78. The van der Waals surface area contributed by atoms with Crippen LogP contribution in [-0.2, 0) is 32.7 Å². The van der Waals surface area contributed by atoms with Gasteiger partial charge in [-0.2, -0.15) is 9.41 Å². The molecule has 3 aromatic carbocycles. The molecule has 2 N–H and O–H groups in total. The average Bonchev–Trinajstić information content (AvgIpc) is 3.42. The largest absolute Gasteiger partial charge is 0.492 e. The Labute approximate surface area is 245 Å². The first-order chi connectivity index (χ1) is 20.2. The molecule has 0 aliphatic carbocycles. The standard InChI is InChI=1S/C31H32N4O6S/c1-4-40-29-8-6-5-7-28(29)33-30(36)31(37)34-32-19-25-15-16-26(41-25)21-35(20-24-13-9-22(2)10-14-24)42(38,39)27-17-11-23(3)12-18-27/h5-19H,4,20-21H2,1-3H3,(H,33,36)(H,34,37)/b32-19-. The van der Waals surface area contributed by atoms with E-state index in [4.69, 9.17) is 9.15 Å². The van der Waals surface area contributed by atoms with E-state index in [0.717, 1.165) is 16.7 Å². The Morgan fingerprint density at radius 3 is 2.24 bits per heavy atom. The van der Waals surface area contributed by atoms with Crippen LogP contribution in [0.4, 0.5) is 5.69 Å². The van der Waals surface area contributed by atoms with Crippen molar-refractivity contribution in [1.82, 2.24) is 9.73 Å². The number of benzene rings is 3. The molecule has 4 aromatic rings. The van der Waals surface area contributed by atoms with Gasteiger partial charge in [0.25, 0.3) is 0 Å². The normalized spacial score (nSPS) is 11.5. The van der Waals surface area contributed by atoms with Gasteiger partial charge in [0.2, 0.25) is 10.0 Å². The first-order valence-electron chi connectivity index (χ1n) is 13.2. The van der Waals surface area contributed by atoms with E-state index >= 15 is 0 Å². The molecule has 1 heterocycles. The zero-order valence-corrected chi connectivity index (χ0v) is 24.4. The molecule has 0 unspecified atom stereocenters. The van der Waals surface area contributed by atoms with Crippen LogP contribution in [-0.4, -0.2) is 37.4 Å². The van der Waals surface area contributed by atoms with Crippen molar-refractivity contribution in [2.75, 3.05) is 11.9 Å². The summed E-state index contributed by atoms with van der Waals surface area (Å²) in [5, 5.41) is 6.28. The van der Waals surface area contributed by atoms with Gasteiger partial charge in [-0.05, 0) is 62.7 Å². The second-order valence-corrected chi connectivity index (χ2v) is 11.4. The second-order valence-electron chi connectivity index (χ2n) is 9.46. The lowest BCUT2D eigenvalue weighted by Crippen LogP contribution is -2.32. The summed E-state index contributed by atoms with van der Waals surface area (Å²) in [6, 6.07) is 24.3. The lowest BCUT2D eigenvalue weighted by molar-refractivity contribution is -0.136. The summed E-state index contributed by atoms with van der Waals surface area (Å²) in [6.45, 7) is 6.17. The summed E-state index contributed by atoms with van der Waals surface area (Å²) in [5.41, 5.74) is 5.36. The molecule has 218 valence electrons. The number of ether oxygens (including phenoxy) is 1. The maximum Gasteiger partial charge on any atom is 0.329 e. The Hall–Kier alpha value is -4.74. The van der Waals surface area contributed by atoms with Gasteiger partial charge in [-0.15, -0.1) is 0 Å². The quantitative estimate of drug-likeness (QED) is 0.147. The van der Waals surface area contributed by atoms with Gasteiger partial charge < -0.3 is 14.5 Å². The molecule has 2 amide bonds. The first-order valence-corrected chi connectivity index (χ1v) is 14.7. The zero-order valence-electron chi connectivity index (χ0n) is 23.5. The van der Waals surface area contributed by atoms with E-state index in [2.05, 4.69) is 15.8 Å². The van der Waals surface area contributed by atoms with Crippen molar-refractivity contribution >= 4 is 33.7 Å². The van der Waals surface area contributed by atoms with E-state index in [1.165, 1.54) is 10.5 Å². The number of carbonyl (C=O) groups is 2. The number of nitrogens with one attached hydrogen (secondary N) is 2. The van der Waals surface area contributed by atoms with Crippen LogP contribution >= 0.6 is 0 Å². The highest BCUT2D eigenvalue weighted by Gasteiger charge is 2.26. The lowest BCUT2D eigenvalue weighted by atomic mass is 10.1. The summed E-state index contributed by atoms with van der Waals surface area (Å²) in [4.78, 5) is 24.7. The van der Waals surface area contributed by atoms with Gasteiger partial charge >= 0.3 is 11.8 Å². The number of sulfonamides is 1. The number of hydrazone groups is 1. The second kappa shape index (κ2) is 13.7. The molecule has 0 fully saturated rings. The van der Waals surface area contributed by atoms with Crippen molar-refractivity contribution in [2.45, 2.75) is 38.8 Å². The van der Waals surface area contributed by atoms with E-state index in [-0.39, 0.29) is 23.7 Å². The molecular weight excluding hydrogens is 556 g/mol. The Kier molecular flexibility index (Phi) is 9.89. The number of hydrogen-bond acceptors (Lipinski definition) is 7. The number of furan rings is 1. The first kappa shape index (κ1) is 30.2.